The van der Waals surface area contributed by atoms with Crippen LogP contribution in [0.15, 0.2) is 29.2 Å². The maximum atomic E-state index is 12.4. The summed E-state index contributed by atoms with van der Waals surface area (Å²) in [6.45, 7) is 1.99. The van der Waals surface area contributed by atoms with E-state index in [1.165, 1.54) is 19.3 Å². The van der Waals surface area contributed by atoms with Crippen molar-refractivity contribution in [1.82, 2.24) is 4.90 Å². The Bertz CT molecular complexity index is 552. The average molecular weight is 330 g/mol. The number of benzene rings is 1. The quantitative estimate of drug-likeness (QED) is 0.743. The van der Waals surface area contributed by atoms with Gasteiger partial charge in [-0.1, -0.05) is 40.5 Å². The first kappa shape index (κ1) is 12.6. The lowest BCUT2D eigenvalue weighted by atomic mass is 10.0. The van der Waals surface area contributed by atoms with Gasteiger partial charge in [-0.15, -0.1) is 0 Å². The Labute approximate surface area is 116 Å². The van der Waals surface area contributed by atoms with Gasteiger partial charge < -0.3 is 0 Å². The zero-order chi connectivity index (χ0) is 12.8. The molecule has 0 saturated carbocycles. The molecular weight excluding hydrogens is 314 g/mol. The molecule has 2 aliphatic heterocycles. The fraction of sp³-hybridized carbons (Fsp3) is 0.538. The van der Waals surface area contributed by atoms with Crippen LogP contribution in [0.25, 0.3) is 0 Å². The van der Waals surface area contributed by atoms with Crippen molar-refractivity contribution < 1.29 is 8.42 Å². The predicted octanol–water partition coefficient (Wildman–Crippen LogP) is 2.72. The number of rotatable bonds is 1. The second-order valence-corrected chi connectivity index (χ2v) is 8.61. The van der Waals surface area contributed by atoms with Crippen molar-refractivity contribution in [2.45, 2.75) is 34.4 Å². The molecule has 0 N–H and O–H groups in total. The summed E-state index contributed by atoms with van der Waals surface area (Å²) in [6.07, 6.45) is 3.58. The van der Waals surface area contributed by atoms with Gasteiger partial charge in [0.05, 0.1) is 10.9 Å². The van der Waals surface area contributed by atoms with E-state index >= 15 is 0 Å². The first-order valence-electron chi connectivity index (χ1n) is 6.33. The molecule has 2 aliphatic rings. The average Bonchev–Trinajstić information content (AvgIpc) is 2.60. The molecule has 1 aromatic rings. The van der Waals surface area contributed by atoms with Gasteiger partial charge >= 0.3 is 0 Å². The molecule has 1 fully saturated rings. The Balaban J connectivity index is 2.05. The minimum Gasteiger partial charge on any atom is -0.294 e. The SMILES string of the molecule is O=S1(=O)c2ccccc2[C@@H](N2CCCCC2)[C@H]1Br. The number of sulfone groups is 1. The highest BCUT2D eigenvalue weighted by atomic mass is 79.9. The van der Waals surface area contributed by atoms with Gasteiger partial charge in [0.1, 0.15) is 4.16 Å². The highest BCUT2D eigenvalue weighted by Gasteiger charge is 2.46. The van der Waals surface area contributed by atoms with Gasteiger partial charge in [-0.2, -0.15) is 0 Å². The number of hydrogen-bond donors (Lipinski definition) is 0. The van der Waals surface area contributed by atoms with Crippen molar-refractivity contribution in [1.29, 1.82) is 0 Å². The molecule has 0 unspecified atom stereocenters. The number of halogens is 1. The lowest BCUT2D eigenvalue weighted by Crippen LogP contribution is -2.37. The fourth-order valence-electron chi connectivity index (χ4n) is 2.98. The number of alkyl halides is 1. The summed E-state index contributed by atoms with van der Waals surface area (Å²) >= 11 is 3.41. The van der Waals surface area contributed by atoms with Crippen molar-refractivity contribution in [3.05, 3.63) is 29.8 Å². The molecular formula is C13H16BrNO2S. The second kappa shape index (κ2) is 4.62. The number of nitrogens with zero attached hydrogens (tertiary/aromatic N) is 1. The Morgan fingerprint density at radius 2 is 1.78 bits per heavy atom. The molecule has 2 atom stereocenters. The zero-order valence-corrected chi connectivity index (χ0v) is 12.5. The van der Waals surface area contributed by atoms with E-state index in [0.29, 0.717) is 4.90 Å². The maximum absolute atomic E-state index is 12.4. The second-order valence-electron chi connectivity index (χ2n) is 4.98. The van der Waals surface area contributed by atoms with Gasteiger partial charge in [0, 0.05) is 0 Å². The Morgan fingerprint density at radius 1 is 1.11 bits per heavy atom. The molecule has 1 aromatic carbocycles. The third kappa shape index (κ3) is 1.84. The fourth-order valence-corrected chi connectivity index (χ4v) is 5.88. The first-order chi connectivity index (χ1) is 8.62. The van der Waals surface area contributed by atoms with Gasteiger partial charge in [-0.3, -0.25) is 4.90 Å². The van der Waals surface area contributed by atoms with Crippen LogP contribution in [0.3, 0.4) is 0 Å². The molecule has 3 nitrogen and oxygen atoms in total. The number of fused-ring (bicyclic) bond motifs is 1. The van der Waals surface area contributed by atoms with Gasteiger partial charge in [-0.25, -0.2) is 8.42 Å². The Kier molecular flexibility index (Phi) is 3.24. The molecule has 0 aromatic heterocycles. The van der Waals surface area contributed by atoms with Crippen LogP contribution in [0.2, 0.25) is 0 Å². The largest absolute Gasteiger partial charge is 0.294 e. The summed E-state index contributed by atoms with van der Waals surface area (Å²) in [6, 6.07) is 7.38. The number of hydrogen-bond acceptors (Lipinski definition) is 3. The minimum absolute atomic E-state index is 0.0218. The topological polar surface area (TPSA) is 37.4 Å². The number of piperidine rings is 1. The highest BCUT2D eigenvalue weighted by Crippen LogP contribution is 2.45. The van der Waals surface area contributed by atoms with Gasteiger partial charge in [-0.05, 0) is 37.6 Å². The molecule has 0 amide bonds. The normalized spacial score (nSPS) is 31.2. The van der Waals surface area contributed by atoms with Crippen LogP contribution in [0.1, 0.15) is 30.9 Å². The summed E-state index contributed by atoms with van der Waals surface area (Å²) in [5.41, 5.74) is 0.960. The Morgan fingerprint density at radius 3 is 2.50 bits per heavy atom. The zero-order valence-electron chi connectivity index (χ0n) is 10.0. The first-order valence-corrected chi connectivity index (χ1v) is 8.79. The monoisotopic (exact) mass is 329 g/mol. The van der Waals surface area contributed by atoms with E-state index in [0.717, 1.165) is 18.7 Å². The summed E-state index contributed by atoms with van der Waals surface area (Å²) in [4.78, 5) is 2.81. The van der Waals surface area contributed by atoms with Crippen LogP contribution >= 0.6 is 15.9 Å². The van der Waals surface area contributed by atoms with E-state index < -0.39 is 14.0 Å². The predicted molar refractivity (Wildman–Crippen MR) is 74.5 cm³/mol. The van der Waals surface area contributed by atoms with Crippen molar-refractivity contribution in [2.24, 2.45) is 0 Å². The third-order valence-corrected chi connectivity index (χ3v) is 7.69. The summed E-state index contributed by atoms with van der Waals surface area (Å²) in [5, 5.41) is 0. The van der Waals surface area contributed by atoms with E-state index in [9.17, 15) is 8.42 Å². The molecule has 0 aliphatic carbocycles. The lowest BCUT2D eigenvalue weighted by molar-refractivity contribution is 0.174. The molecule has 1 saturated heterocycles. The van der Waals surface area contributed by atoms with E-state index in [2.05, 4.69) is 20.8 Å². The van der Waals surface area contributed by atoms with E-state index in [4.69, 9.17) is 0 Å². The summed E-state index contributed by atoms with van der Waals surface area (Å²) in [7, 11) is -3.21. The standard InChI is InChI=1S/C13H16BrNO2S/c14-13-12(15-8-4-1-5-9-15)10-6-2-3-7-11(10)18(13,16)17/h2-3,6-7,12-13H,1,4-5,8-9H2/t12-,13+/m1/s1. The number of likely N-dealkylation sites (tertiary alicyclic amines) is 1. The van der Waals surface area contributed by atoms with Crippen molar-refractivity contribution in [3.63, 3.8) is 0 Å². The van der Waals surface area contributed by atoms with Gasteiger partial charge in [0.2, 0.25) is 0 Å². The molecule has 0 bridgehead atoms. The minimum atomic E-state index is -3.21. The highest BCUT2D eigenvalue weighted by molar-refractivity contribution is 9.11. The third-order valence-electron chi connectivity index (χ3n) is 3.87. The van der Waals surface area contributed by atoms with Crippen molar-refractivity contribution in [3.8, 4) is 0 Å². The van der Waals surface area contributed by atoms with Crippen molar-refractivity contribution >= 4 is 25.8 Å². The van der Waals surface area contributed by atoms with E-state index in [-0.39, 0.29) is 6.04 Å². The van der Waals surface area contributed by atoms with Gasteiger partial charge in [0.15, 0.2) is 9.84 Å². The summed E-state index contributed by atoms with van der Waals surface area (Å²) in [5.74, 6) is 0. The van der Waals surface area contributed by atoms with Crippen LogP contribution in [0.4, 0.5) is 0 Å². The molecule has 18 heavy (non-hydrogen) atoms. The smallest absolute Gasteiger partial charge is 0.193 e. The van der Waals surface area contributed by atoms with Crippen LogP contribution < -0.4 is 0 Å². The van der Waals surface area contributed by atoms with E-state index in [1.54, 1.807) is 12.1 Å². The molecule has 98 valence electrons. The van der Waals surface area contributed by atoms with Gasteiger partial charge in [0.25, 0.3) is 0 Å². The molecule has 5 heteroatoms. The maximum Gasteiger partial charge on any atom is 0.193 e. The summed E-state index contributed by atoms with van der Waals surface area (Å²) < 4.78 is 24.2. The Hall–Kier alpha value is -0.390. The molecule has 0 radical (unpaired) electrons. The van der Waals surface area contributed by atoms with E-state index in [1.807, 2.05) is 12.1 Å². The van der Waals surface area contributed by atoms with Crippen molar-refractivity contribution in [2.75, 3.05) is 13.1 Å². The van der Waals surface area contributed by atoms with Crippen LogP contribution in [0.5, 0.6) is 0 Å². The molecule has 0 spiro atoms. The molecule has 3 rings (SSSR count). The lowest BCUT2D eigenvalue weighted by Gasteiger charge is -2.33. The van der Waals surface area contributed by atoms with Crippen LogP contribution in [-0.4, -0.2) is 30.6 Å². The molecule has 2 heterocycles. The van der Waals surface area contributed by atoms with Crippen LogP contribution in [-0.2, 0) is 9.84 Å². The van der Waals surface area contributed by atoms with Crippen LogP contribution in [0, 0.1) is 0 Å².